The van der Waals surface area contributed by atoms with Gasteiger partial charge in [0.2, 0.25) is 0 Å². The van der Waals surface area contributed by atoms with Crippen molar-refractivity contribution in [2.24, 2.45) is 11.5 Å². The molecule has 5 N–H and O–H groups in total. The molecule has 5 heteroatoms. The van der Waals surface area contributed by atoms with Gasteiger partial charge in [0.1, 0.15) is 6.04 Å². The van der Waals surface area contributed by atoms with Gasteiger partial charge < -0.3 is 16.6 Å². The SMILES string of the molecule is C.NCCCC[C@H](N)C(=O)O.[Au]. The first-order valence-electron chi connectivity index (χ1n) is 3.37. The van der Waals surface area contributed by atoms with E-state index in [1.165, 1.54) is 0 Å². The minimum absolute atomic E-state index is 0. The molecule has 0 unspecified atom stereocenters. The number of carbonyl (C=O) groups is 1. The summed E-state index contributed by atoms with van der Waals surface area (Å²) in [6.07, 6.45) is 2.16. The van der Waals surface area contributed by atoms with Crippen LogP contribution in [0.2, 0.25) is 0 Å². The van der Waals surface area contributed by atoms with Gasteiger partial charge in [0.05, 0.1) is 0 Å². The Morgan fingerprint density at radius 3 is 2.25 bits per heavy atom. The first kappa shape index (κ1) is 18.0. The summed E-state index contributed by atoms with van der Waals surface area (Å²) in [7, 11) is 0. The van der Waals surface area contributed by atoms with E-state index in [0.29, 0.717) is 13.0 Å². The molecule has 0 aliphatic heterocycles. The molecule has 1 atom stereocenters. The van der Waals surface area contributed by atoms with E-state index in [9.17, 15) is 4.79 Å². The van der Waals surface area contributed by atoms with Gasteiger partial charge in [-0.2, -0.15) is 0 Å². The van der Waals surface area contributed by atoms with Crippen molar-refractivity contribution in [3.05, 3.63) is 0 Å². The third kappa shape index (κ3) is 10.1. The second-order valence-corrected chi connectivity index (χ2v) is 2.23. The van der Waals surface area contributed by atoms with Crippen molar-refractivity contribution in [2.45, 2.75) is 32.7 Å². The van der Waals surface area contributed by atoms with E-state index in [2.05, 4.69) is 0 Å². The molecule has 0 aromatic rings. The Morgan fingerprint density at radius 2 is 1.92 bits per heavy atom. The number of nitrogens with two attached hydrogens (primary N) is 2. The fourth-order valence-electron chi connectivity index (χ4n) is 0.632. The van der Waals surface area contributed by atoms with Crippen LogP contribution < -0.4 is 11.5 Å². The predicted molar refractivity (Wildman–Crippen MR) is 45.2 cm³/mol. The Bertz CT molecular complexity index is 112. The van der Waals surface area contributed by atoms with Crippen LogP contribution >= 0.6 is 0 Å². The summed E-state index contributed by atoms with van der Waals surface area (Å²) < 4.78 is 0. The maximum absolute atomic E-state index is 10.1. The van der Waals surface area contributed by atoms with Gasteiger partial charge in [-0.05, 0) is 19.4 Å². The zero-order valence-electron chi connectivity index (χ0n) is 6.22. The van der Waals surface area contributed by atoms with E-state index in [4.69, 9.17) is 16.6 Å². The van der Waals surface area contributed by atoms with E-state index in [0.717, 1.165) is 12.8 Å². The Kier molecular flexibility index (Phi) is 16.7. The monoisotopic (exact) mass is 359 g/mol. The van der Waals surface area contributed by atoms with Crippen LogP contribution in [0.4, 0.5) is 0 Å². The molecule has 0 fully saturated rings. The molecule has 79 valence electrons. The maximum Gasteiger partial charge on any atom is 0.320 e. The Morgan fingerprint density at radius 1 is 1.42 bits per heavy atom. The summed E-state index contributed by atoms with van der Waals surface area (Å²) in [5.74, 6) is -0.933. The minimum Gasteiger partial charge on any atom is -0.480 e. The van der Waals surface area contributed by atoms with Gasteiger partial charge in [0.25, 0.3) is 0 Å². The molecule has 0 spiro atoms. The second kappa shape index (κ2) is 11.1. The van der Waals surface area contributed by atoms with Gasteiger partial charge in [-0.25, -0.2) is 0 Å². The quantitative estimate of drug-likeness (QED) is 0.482. The third-order valence-electron chi connectivity index (χ3n) is 1.29. The summed E-state index contributed by atoms with van der Waals surface area (Å²) in [6, 6.07) is -0.716. The zero-order valence-corrected chi connectivity index (χ0v) is 8.38. The van der Waals surface area contributed by atoms with Gasteiger partial charge in [-0.15, -0.1) is 0 Å². The molecule has 0 aromatic heterocycles. The Labute approximate surface area is 89.2 Å². The average Bonchev–Trinajstić information content (AvgIpc) is 1.88. The molecule has 0 aliphatic carbocycles. The number of hydrogen-bond donors (Lipinski definition) is 3. The average molecular weight is 359 g/mol. The van der Waals surface area contributed by atoms with Crippen LogP contribution in [-0.2, 0) is 27.2 Å². The zero-order chi connectivity index (χ0) is 7.98. The van der Waals surface area contributed by atoms with Gasteiger partial charge in [0, 0.05) is 22.4 Å². The van der Waals surface area contributed by atoms with Crippen LogP contribution in [0.5, 0.6) is 0 Å². The van der Waals surface area contributed by atoms with Crippen molar-refractivity contribution in [3.63, 3.8) is 0 Å². The maximum atomic E-state index is 10.1. The van der Waals surface area contributed by atoms with E-state index in [1.807, 2.05) is 0 Å². The van der Waals surface area contributed by atoms with Crippen molar-refractivity contribution < 1.29 is 32.3 Å². The fourth-order valence-corrected chi connectivity index (χ4v) is 0.632. The number of rotatable bonds is 5. The number of carboxylic acids is 1. The van der Waals surface area contributed by atoms with E-state index in [-0.39, 0.29) is 29.8 Å². The van der Waals surface area contributed by atoms with Crippen molar-refractivity contribution in [1.82, 2.24) is 0 Å². The molecule has 12 heavy (non-hydrogen) atoms. The molecular formula is C7H18AuN2O2. The normalized spacial score (nSPS) is 10.8. The molecule has 0 heterocycles. The summed E-state index contributed by atoms with van der Waals surface area (Å²) in [5, 5.41) is 8.33. The van der Waals surface area contributed by atoms with E-state index < -0.39 is 12.0 Å². The molecule has 0 aromatic carbocycles. The van der Waals surface area contributed by atoms with E-state index in [1.54, 1.807) is 0 Å². The van der Waals surface area contributed by atoms with Gasteiger partial charge >= 0.3 is 5.97 Å². The summed E-state index contributed by atoms with van der Waals surface area (Å²) in [6.45, 7) is 0.604. The standard InChI is InChI=1S/C6H14N2O2.CH4.Au/c7-4-2-1-3-5(8)6(9)10;;/h5H,1-4,7-8H2,(H,9,10);1H4;/t5-;;/m0../s1. The van der Waals surface area contributed by atoms with Crippen LogP contribution in [0.25, 0.3) is 0 Å². The molecule has 0 saturated carbocycles. The first-order chi connectivity index (χ1) is 4.68. The van der Waals surface area contributed by atoms with Gasteiger partial charge in [0.15, 0.2) is 0 Å². The van der Waals surface area contributed by atoms with Crippen molar-refractivity contribution >= 4 is 5.97 Å². The number of carboxylic acid groups (broad SMARTS) is 1. The number of unbranched alkanes of at least 4 members (excludes halogenated alkanes) is 1. The van der Waals surface area contributed by atoms with Crippen LogP contribution in [0.1, 0.15) is 26.7 Å². The Balaban J connectivity index is -0.000000405. The van der Waals surface area contributed by atoms with Crippen molar-refractivity contribution in [3.8, 4) is 0 Å². The molecular weight excluding hydrogens is 341 g/mol. The fraction of sp³-hybridized carbons (Fsp3) is 0.857. The molecule has 0 bridgehead atoms. The first-order valence-corrected chi connectivity index (χ1v) is 3.37. The largest absolute Gasteiger partial charge is 0.480 e. The van der Waals surface area contributed by atoms with Crippen LogP contribution in [0.3, 0.4) is 0 Å². The van der Waals surface area contributed by atoms with Crippen LogP contribution in [-0.4, -0.2) is 23.7 Å². The van der Waals surface area contributed by atoms with Crippen LogP contribution in [0.15, 0.2) is 0 Å². The van der Waals surface area contributed by atoms with Crippen LogP contribution in [0, 0.1) is 0 Å². The molecule has 4 nitrogen and oxygen atoms in total. The van der Waals surface area contributed by atoms with Gasteiger partial charge in [-0.1, -0.05) is 13.8 Å². The second-order valence-electron chi connectivity index (χ2n) is 2.23. The molecule has 0 amide bonds. The van der Waals surface area contributed by atoms with Crippen molar-refractivity contribution in [1.29, 1.82) is 0 Å². The summed E-state index contributed by atoms with van der Waals surface area (Å²) >= 11 is 0. The van der Waals surface area contributed by atoms with Crippen molar-refractivity contribution in [2.75, 3.05) is 6.54 Å². The van der Waals surface area contributed by atoms with Gasteiger partial charge in [-0.3, -0.25) is 4.79 Å². The molecule has 1 radical (unpaired) electrons. The number of hydrogen-bond acceptors (Lipinski definition) is 3. The smallest absolute Gasteiger partial charge is 0.320 e. The predicted octanol–water partition coefficient (Wildman–Crippen LogP) is 0.161. The summed E-state index contributed by atoms with van der Waals surface area (Å²) in [4.78, 5) is 10.1. The topological polar surface area (TPSA) is 89.3 Å². The molecule has 0 rings (SSSR count). The van der Waals surface area contributed by atoms with E-state index >= 15 is 0 Å². The molecule has 0 aliphatic rings. The third-order valence-corrected chi connectivity index (χ3v) is 1.29. The summed E-state index contributed by atoms with van der Waals surface area (Å²) in [5.41, 5.74) is 10.4. The molecule has 0 saturated heterocycles. The minimum atomic E-state index is -0.933. The Hall–Kier alpha value is 0.130. The number of aliphatic carboxylic acids is 1.